The summed E-state index contributed by atoms with van der Waals surface area (Å²) in [6.07, 6.45) is 1.77. The van der Waals surface area contributed by atoms with Gasteiger partial charge in [-0.05, 0) is 29.6 Å². The highest BCUT2D eigenvalue weighted by Gasteiger charge is 2.02. The Morgan fingerprint density at radius 3 is 3.11 bits per heavy atom. The van der Waals surface area contributed by atoms with E-state index >= 15 is 0 Å². The van der Waals surface area contributed by atoms with Crippen LogP contribution in [0.15, 0.2) is 40.7 Å². The second kappa shape index (κ2) is 4.43. The first-order valence-corrected chi connectivity index (χ1v) is 6.20. The molecule has 3 aromatic rings. The topological polar surface area (TPSA) is 64.8 Å². The third kappa shape index (κ3) is 2.01. The number of nitrogens with zero attached hydrogens (tertiary/aromatic N) is 3. The normalized spacial score (nSPS) is 11.1. The molecule has 5 heteroatoms. The van der Waals surface area contributed by atoms with Crippen LogP contribution >= 0.6 is 11.3 Å². The molecule has 0 fully saturated rings. The molecule has 0 aliphatic rings. The van der Waals surface area contributed by atoms with Gasteiger partial charge in [-0.2, -0.15) is 5.26 Å². The Morgan fingerprint density at radius 1 is 1.39 bits per heavy atom. The van der Waals surface area contributed by atoms with Crippen molar-refractivity contribution >= 4 is 34.5 Å². The van der Waals surface area contributed by atoms with Crippen LogP contribution in [-0.4, -0.2) is 16.2 Å². The van der Waals surface area contributed by atoms with E-state index in [4.69, 9.17) is 5.26 Å². The lowest BCUT2D eigenvalue weighted by molar-refractivity contribution is 1.27. The van der Waals surface area contributed by atoms with Gasteiger partial charge in [-0.15, -0.1) is 11.3 Å². The smallest absolute Gasteiger partial charge is 0.227 e. The largest absolute Gasteiger partial charge is 0.322 e. The maximum Gasteiger partial charge on any atom is 0.227 e. The second-order valence-corrected chi connectivity index (χ2v) is 4.66. The van der Waals surface area contributed by atoms with Crippen LogP contribution in [0.4, 0.5) is 5.95 Å². The summed E-state index contributed by atoms with van der Waals surface area (Å²) < 4.78 is 0. The Balaban J connectivity index is 1.96. The molecule has 0 atom stereocenters. The van der Waals surface area contributed by atoms with Gasteiger partial charge < -0.3 is 4.98 Å². The van der Waals surface area contributed by atoms with E-state index in [-0.39, 0.29) is 0 Å². The summed E-state index contributed by atoms with van der Waals surface area (Å²) in [6.45, 7) is 0. The molecule has 2 heterocycles. The number of rotatable bonds is 2. The lowest BCUT2D eigenvalue weighted by Gasteiger charge is -1.87. The van der Waals surface area contributed by atoms with Gasteiger partial charge in [0.25, 0.3) is 0 Å². The van der Waals surface area contributed by atoms with Crippen molar-refractivity contribution in [2.75, 3.05) is 0 Å². The van der Waals surface area contributed by atoms with Crippen LogP contribution in [0.1, 0.15) is 10.4 Å². The highest BCUT2D eigenvalue weighted by atomic mass is 32.1. The Bertz CT molecular complexity index is 747. The first-order chi connectivity index (χ1) is 8.85. The average Bonchev–Trinajstić information content (AvgIpc) is 3.04. The van der Waals surface area contributed by atoms with Gasteiger partial charge in [0.1, 0.15) is 0 Å². The van der Waals surface area contributed by atoms with Gasteiger partial charge in [-0.3, -0.25) is 0 Å². The number of nitriles is 1. The number of hydrogen-bond acceptors (Lipinski definition) is 4. The number of nitrogens with one attached hydrogen (secondary N) is 1. The summed E-state index contributed by atoms with van der Waals surface area (Å²) in [4.78, 5) is 12.8. The zero-order chi connectivity index (χ0) is 12.4. The van der Waals surface area contributed by atoms with E-state index in [0.29, 0.717) is 11.5 Å². The SMILES string of the molecule is N#Cc1ccc2nc(/N=C/c3cccs3)[nH]c2c1. The first-order valence-electron chi connectivity index (χ1n) is 5.32. The third-order valence-electron chi connectivity index (χ3n) is 2.46. The Labute approximate surface area is 107 Å². The number of imidazole rings is 1. The molecule has 0 aliphatic heterocycles. The van der Waals surface area contributed by atoms with Crippen molar-refractivity contribution < 1.29 is 0 Å². The lowest BCUT2D eigenvalue weighted by Crippen LogP contribution is -1.73. The summed E-state index contributed by atoms with van der Waals surface area (Å²) in [5.41, 5.74) is 2.25. The molecule has 0 spiro atoms. The Hall–Kier alpha value is -2.45. The maximum absolute atomic E-state index is 8.82. The minimum Gasteiger partial charge on any atom is -0.322 e. The quantitative estimate of drug-likeness (QED) is 0.711. The van der Waals surface area contributed by atoms with E-state index in [0.717, 1.165) is 15.9 Å². The molecule has 1 N–H and O–H groups in total. The van der Waals surface area contributed by atoms with Crippen molar-refractivity contribution in [1.29, 1.82) is 5.26 Å². The number of thiophene rings is 1. The van der Waals surface area contributed by atoms with Crippen LogP contribution in [0.3, 0.4) is 0 Å². The van der Waals surface area contributed by atoms with E-state index in [2.05, 4.69) is 21.0 Å². The summed E-state index contributed by atoms with van der Waals surface area (Å²) >= 11 is 1.62. The lowest BCUT2D eigenvalue weighted by atomic mass is 10.2. The first kappa shape index (κ1) is 10.7. The average molecular weight is 252 g/mol. The predicted octanol–water partition coefficient (Wildman–Crippen LogP) is 3.25. The van der Waals surface area contributed by atoms with E-state index in [1.165, 1.54) is 0 Å². The van der Waals surface area contributed by atoms with Crippen LogP contribution in [0.2, 0.25) is 0 Å². The molecular formula is C13H8N4S. The monoisotopic (exact) mass is 252 g/mol. The van der Waals surface area contributed by atoms with Crippen molar-refractivity contribution in [2.24, 2.45) is 4.99 Å². The van der Waals surface area contributed by atoms with Gasteiger partial charge in [-0.25, -0.2) is 9.98 Å². The van der Waals surface area contributed by atoms with Gasteiger partial charge in [0.05, 0.1) is 22.7 Å². The van der Waals surface area contributed by atoms with Crippen LogP contribution < -0.4 is 0 Å². The molecule has 0 aliphatic carbocycles. The van der Waals surface area contributed by atoms with Crippen molar-refractivity contribution in [3.63, 3.8) is 0 Å². The fraction of sp³-hybridized carbons (Fsp3) is 0. The molecule has 0 saturated carbocycles. The van der Waals surface area contributed by atoms with Crippen LogP contribution in [-0.2, 0) is 0 Å². The molecule has 4 nitrogen and oxygen atoms in total. The zero-order valence-electron chi connectivity index (χ0n) is 9.29. The van der Waals surface area contributed by atoms with Gasteiger partial charge in [0, 0.05) is 11.1 Å². The fourth-order valence-corrected chi connectivity index (χ4v) is 2.20. The highest BCUT2D eigenvalue weighted by molar-refractivity contribution is 7.11. The second-order valence-electron chi connectivity index (χ2n) is 3.68. The van der Waals surface area contributed by atoms with E-state index in [9.17, 15) is 0 Å². The number of aromatic nitrogens is 2. The van der Waals surface area contributed by atoms with Crippen LogP contribution in [0, 0.1) is 11.3 Å². The molecule has 0 amide bonds. The summed E-state index contributed by atoms with van der Waals surface area (Å²) in [5, 5.41) is 10.8. The molecule has 0 radical (unpaired) electrons. The number of aliphatic imine (C=N–C) groups is 1. The van der Waals surface area contributed by atoms with Crippen LogP contribution in [0.25, 0.3) is 11.0 Å². The molecule has 2 aromatic heterocycles. The van der Waals surface area contributed by atoms with Gasteiger partial charge in [-0.1, -0.05) is 6.07 Å². The number of benzene rings is 1. The van der Waals surface area contributed by atoms with Crippen LogP contribution in [0.5, 0.6) is 0 Å². The number of H-pyrrole nitrogens is 1. The molecule has 0 unspecified atom stereocenters. The molecule has 18 heavy (non-hydrogen) atoms. The fourth-order valence-electron chi connectivity index (χ4n) is 1.62. The third-order valence-corrected chi connectivity index (χ3v) is 3.26. The van der Waals surface area contributed by atoms with Gasteiger partial charge >= 0.3 is 0 Å². The molecule has 1 aromatic carbocycles. The minimum atomic E-state index is 0.550. The predicted molar refractivity (Wildman–Crippen MR) is 72.4 cm³/mol. The number of hydrogen-bond donors (Lipinski definition) is 1. The molecule has 3 rings (SSSR count). The van der Waals surface area contributed by atoms with Crippen molar-refractivity contribution in [3.8, 4) is 6.07 Å². The Kier molecular flexibility index (Phi) is 2.63. The summed E-state index contributed by atoms with van der Waals surface area (Å²) in [7, 11) is 0. The van der Waals surface area contributed by atoms with Gasteiger partial charge in [0.2, 0.25) is 5.95 Å². The summed E-state index contributed by atoms with van der Waals surface area (Å²) in [5.74, 6) is 0.550. The number of fused-ring (bicyclic) bond motifs is 1. The molecule has 0 bridgehead atoms. The maximum atomic E-state index is 8.82. The Morgan fingerprint density at radius 2 is 2.33 bits per heavy atom. The van der Waals surface area contributed by atoms with Crippen molar-refractivity contribution in [3.05, 3.63) is 46.2 Å². The molecule has 86 valence electrons. The standard InChI is InChI=1S/C13H8N4S/c14-7-9-3-4-11-12(6-9)17-13(16-11)15-8-10-2-1-5-18-10/h1-6,8H,(H,16,17)/b15-8+. The molecule has 0 saturated heterocycles. The van der Waals surface area contributed by atoms with Gasteiger partial charge in [0.15, 0.2) is 0 Å². The van der Waals surface area contributed by atoms with E-state index in [1.54, 1.807) is 29.7 Å². The van der Waals surface area contributed by atoms with E-state index < -0.39 is 0 Å². The van der Waals surface area contributed by atoms with Crippen molar-refractivity contribution in [2.45, 2.75) is 0 Å². The summed E-state index contributed by atoms with van der Waals surface area (Å²) in [6, 6.07) is 11.4. The van der Waals surface area contributed by atoms with Crippen molar-refractivity contribution in [1.82, 2.24) is 9.97 Å². The minimum absolute atomic E-state index is 0.550. The zero-order valence-corrected chi connectivity index (χ0v) is 10.1. The highest BCUT2D eigenvalue weighted by Crippen LogP contribution is 2.17. The molecular weight excluding hydrogens is 244 g/mol. The number of aromatic amines is 1. The van der Waals surface area contributed by atoms with E-state index in [1.807, 2.05) is 23.6 Å².